The second-order valence-corrected chi connectivity index (χ2v) is 8.11. The molecule has 0 aliphatic carbocycles. The van der Waals surface area contributed by atoms with E-state index < -0.39 is 47.4 Å². The van der Waals surface area contributed by atoms with Gasteiger partial charge in [0, 0.05) is 5.33 Å². The zero-order chi connectivity index (χ0) is 17.3. The highest BCUT2D eigenvalue weighted by Gasteiger charge is 2.50. The second-order valence-electron chi connectivity index (χ2n) is 7.46. The molecular formula is C15H25BrO6. The maximum absolute atomic E-state index is 12.1. The maximum atomic E-state index is 12.1. The van der Waals surface area contributed by atoms with E-state index in [2.05, 4.69) is 15.9 Å². The minimum absolute atomic E-state index is 0.343. The third-order valence-corrected chi connectivity index (χ3v) is 3.79. The van der Waals surface area contributed by atoms with E-state index in [1.807, 2.05) is 0 Å². The van der Waals surface area contributed by atoms with E-state index in [0.29, 0.717) is 5.33 Å². The number of hydrogen-bond acceptors (Lipinski definition) is 6. The predicted molar refractivity (Wildman–Crippen MR) is 83.3 cm³/mol. The number of ether oxygens (including phenoxy) is 3. The van der Waals surface area contributed by atoms with Gasteiger partial charge < -0.3 is 19.3 Å². The first kappa shape index (κ1) is 19.4. The highest BCUT2D eigenvalue weighted by Crippen LogP contribution is 2.30. The van der Waals surface area contributed by atoms with E-state index in [-0.39, 0.29) is 0 Å². The summed E-state index contributed by atoms with van der Waals surface area (Å²) in [5.74, 6) is -0.940. The van der Waals surface area contributed by atoms with Gasteiger partial charge in [-0.15, -0.1) is 0 Å². The van der Waals surface area contributed by atoms with Crippen molar-refractivity contribution in [1.82, 2.24) is 0 Å². The summed E-state index contributed by atoms with van der Waals surface area (Å²) in [5.41, 5.74) is -1.44. The van der Waals surface area contributed by atoms with Crippen molar-refractivity contribution in [3.63, 3.8) is 0 Å². The molecule has 0 aromatic carbocycles. The van der Waals surface area contributed by atoms with Crippen molar-refractivity contribution >= 4 is 27.9 Å². The number of alkyl halides is 1. The van der Waals surface area contributed by atoms with Gasteiger partial charge in [0.05, 0.1) is 10.8 Å². The molecule has 0 spiro atoms. The average Bonchev–Trinajstić information content (AvgIpc) is 2.64. The number of esters is 2. The zero-order valence-electron chi connectivity index (χ0n) is 13.9. The van der Waals surface area contributed by atoms with Crippen LogP contribution < -0.4 is 0 Å². The Bertz CT molecular complexity index is 423. The van der Waals surface area contributed by atoms with Gasteiger partial charge in [-0.1, -0.05) is 15.9 Å². The Morgan fingerprint density at radius 2 is 1.41 bits per heavy atom. The molecule has 1 fully saturated rings. The molecule has 6 nitrogen and oxygen atoms in total. The molecule has 1 aliphatic heterocycles. The largest absolute Gasteiger partial charge is 0.455 e. The van der Waals surface area contributed by atoms with Crippen LogP contribution in [0.1, 0.15) is 41.5 Å². The summed E-state index contributed by atoms with van der Waals surface area (Å²) in [6.45, 7) is 10.3. The third kappa shape index (κ3) is 4.67. The standard InChI is InChI=1S/C15H25BrO6/c1-14(2,3)12(18)21-9-8(7-16)20-11(17)10(9)22-13(19)15(4,5)6/h8-11,17H,7H2,1-6H3/t8-,9-,10-,11+/m1/s1. The van der Waals surface area contributed by atoms with Crippen LogP contribution in [0.3, 0.4) is 0 Å². The van der Waals surface area contributed by atoms with Crippen LogP contribution in [0.4, 0.5) is 0 Å². The van der Waals surface area contributed by atoms with Gasteiger partial charge in [-0.05, 0) is 41.5 Å². The zero-order valence-corrected chi connectivity index (χ0v) is 15.5. The number of carbonyl (C=O) groups excluding carboxylic acids is 2. The second kappa shape index (κ2) is 6.84. The SMILES string of the molecule is CC(C)(C)C(=O)O[C@@H]1[C@H](OC(=O)C(C)(C)C)[C@@H](CBr)O[C@@H]1O. The van der Waals surface area contributed by atoms with Crippen LogP contribution in [0.2, 0.25) is 0 Å². The number of carbonyl (C=O) groups is 2. The van der Waals surface area contributed by atoms with E-state index in [4.69, 9.17) is 14.2 Å². The highest BCUT2D eigenvalue weighted by molar-refractivity contribution is 9.09. The Hall–Kier alpha value is -0.660. The van der Waals surface area contributed by atoms with Crippen molar-refractivity contribution in [2.24, 2.45) is 10.8 Å². The van der Waals surface area contributed by atoms with Crippen LogP contribution in [0.5, 0.6) is 0 Å². The monoisotopic (exact) mass is 380 g/mol. The Morgan fingerprint density at radius 3 is 1.77 bits per heavy atom. The van der Waals surface area contributed by atoms with Gasteiger partial charge in [0.25, 0.3) is 0 Å². The van der Waals surface area contributed by atoms with E-state index in [1.165, 1.54) is 0 Å². The summed E-state index contributed by atoms with van der Waals surface area (Å²) in [4.78, 5) is 24.2. The molecule has 1 aliphatic rings. The van der Waals surface area contributed by atoms with Crippen molar-refractivity contribution in [3.8, 4) is 0 Å². The predicted octanol–water partition coefficient (Wildman–Crippen LogP) is 2.01. The lowest BCUT2D eigenvalue weighted by Crippen LogP contribution is -2.44. The van der Waals surface area contributed by atoms with Crippen LogP contribution in [-0.2, 0) is 23.8 Å². The fraction of sp³-hybridized carbons (Fsp3) is 0.867. The fourth-order valence-corrected chi connectivity index (χ4v) is 2.22. The summed E-state index contributed by atoms with van der Waals surface area (Å²) in [7, 11) is 0. The van der Waals surface area contributed by atoms with Crippen molar-refractivity contribution in [2.75, 3.05) is 5.33 Å². The molecule has 7 heteroatoms. The minimum atomic E-state index is -1.33. The summed E-state index contributed by atoms with van der Waals surface area (Å²) in [6, 6.07) is 0. The van der Waals surface area contributed by atoms with Crippen molar-refractivity contribution in [1.29, 1.82) is 0 Å². The third-order valence-electron chi connectivity index (χ3n) is 3.15. The van der Waals surface area contributed by atoms with Crippen molar-refractivity contribution < 1.29 is 28.9 Å². The van der Waals surface area contributed by atoms with E-state index >= 15 is 0 Å². The topological polar surface area (TPSA) is 82.1 Å². The lowest BCUT2D eigenvalue weighted by Gasteiger charge is -2.28. The van der Waals surface area contributed by atoms with Gasteiger partial charge >= 0.3 is 11.9 Å². The highest BCUT2D eigenvalue weighted by atomic mass is 79.9. The summed E-state index contributed by atoms with van der Waals surface area (Å²) in [5, 5.41) is 10.3. The lowest BCUT2D eigenvalue weighted by molar-refractivity contribution is -0.185. The van der Waals surface area contributed by atoms with Gasteiger partial charge in [-0.3, -0.25) is 9.59 Å². The van der Waals surface area contributed by atoms with Gasteiger partial charge in [0.15, 0.2) is 18.5 Å². The normalized spacial score (nSPS) is 29.3. The molecule has 0 aromatic rings. The first-order chi connectivity index (χ1) is 9.87. The first-order valence-electron chi connectivity index (χ1n) is 7.19. The molecule has 128 valence electrons. The van der Waals surface area contributed by atoms with Gasteiger partial charge in [0.1, 0.15) is 6.10 Å². The molecule has 1 rings (SSSR count). The maximum Gasteiger partial charge on any atom is 0.311 e. The Labute approximate surface area is 139 Å². The number of halogens is 1. The lowest BCUT2D eigenvalue weighted by atomic mass is 9.96. The first-order valence-corrected chi connectivity index (χ1v) is 8.31. The molecule has 0 aromatic heterocycles. The summed E-state index contributed by atoms with van der Waals surface area (Å²) >= 11 is 3.25. The molecule has 0 radical (unpaired) electrons. The number of aliphatic hydroxyl groups is 1. The van der Waals surface area contributed by atoms with Gasteiger partial charge in [-0.2, -0.15) is 0 Å². The van der Waals surface area contributed by atoms with Crippen molar-refractivity contribution in [2.45, 2.75) is 66.1 Å². The number of rotatable bonds is 3. The summed E-state index contributed by atoms with van der Waals surface area (Å²) < 4.78 is 16.1. The van der Waals surface area contributed by atoms with Crippen LogP contribution in [0, 0.1) is 10.8 Å². The molecule has 1 heterocycles. The van der Waals surface area contributed by atoms with Crippen LogP contribution in [0.15, 0.2) is 0 Å². The molecule has 0 bridgehead atoms. The quantitative estimate of drug-likeness (QED) is 0.595. The molecule has 0 unspecified atom stereocenters. The summed E-state index contributed by atoms with van der Waals surface area (Å²) in [6.07, 6.45) is -3.81. The molecule has 4 atom stereocenters. The molecule has 0 amide bonds. The Morgan fingerprint density at radius 1 is 1.00 bits per heavy atom. The number of hydrogen-bond donors (Lipinski definition) is 1. The average molecular weight is 381 g/mol. The number of aliphatic hydroxyl groups excluding tert-OH is 1. The van der Waals surface area contributed by atoms with Crippen molar-refractivity contribution in [3.05, 3.63) is 0 Å². The van der Waals surface area contributed by atoms with E-state index in [1.54, 1.807) is 41.5 Å². The van der Waals surface area contributed by atoms with Gasteiger partial charge in [0.2, 0.25) is 0 Å². The van der Waals surface area contributed by atoms with E-state index in [9.17, 15) is 14.7 Å². The van der Waals surface area contributed by atoms with Crippen LogP contribution in [0.25, 0.3) is 0 Å². The minimum Gasteiger partial charge on any atom is -0.455 e. The Balaban J connectivity index is 2.92. The molecule has 1 saturated heterocycles. The van der Waals surface area contributed by atoms with E-state index in [0.717, 1.165) is 0 Å². The Kier molecular flexibility index (Phi) is 6.03. The fourth-order valence-electron chi connectivity index (χ4n) is 1.70. The molecule has 0 saturated carbocycles. The smallest absolute Gasteiger partial charge is 0.311 e. The molecular weight excluding hydrogens is 356 g/mol. The van der Waals surface area contributed by atoms with Crippen LogP contribution >= 0.6 is 15.9 Å². The van der Waals surface area contributed by atoms with Crippen LogP contribution in [-0.4, -0.2) is 47.0 Å². The van der Waals surface area contributed by atoms with Gasteiger partial charge in [-0.25, -0.2) is 0 Å². The molecule has 22 heavy (non-hydrogen) atoms. The molecule has 1 N–H and O–H groups in total.